The lowest BCUT2D eigenvalue weighted by Gasteiger charge is -2.24. The van der Waals surface area contributed by atoms with E-state index in [-0.39, 0.29) is 5.60 Å². The van der Waals surface area contributed by atoms with E-state index in [0.717, 1.165) is 23.8 Å². The predicted molar refractivity (Wildman–Crippen MR) is 55.7 cm³/mol. The third-order valence-electron chi connectivity index (χ3n) is 2.49. The van der Waals surface area contributed by atoms with Crippen LogP contribution in [0.2, 0.25) is 0 Å². The maximum absolute atomic E-state index is 5.79. The number of hydrogen-bond donors (Lipinski definition) is 0. The molecule has 12 heavy (non-hydrogen) atoms. The average Bonchev–Trinajstić information content (AvgIpc) is 2.83. The first-order valence-corrected chi connectivity index (χ1v) is 5.87. The van der Waals surface area contributed by atoms with E-state index < -0.39 is 0 Å². The molecule has 0 aliphatic heterocycles. The van der Waals surface area contributed by atoms with Crippen LogP contribution in [0.25, 0.3) is 0 Å². The molecule has 1 saturated carbocycles. The van der Waals surface area contributed by atoms with Gasteiger partial charge in [0.15, 0.2) is 0 Å². The smallest absolute Gasteiger partial charge is 0.0723 e. The Hall–Kier alpha value is 0.440. The van der Waals surface area contributed by atoms with Crippen molar-refractivity contribution in [1.82, 2.24) is 0 Å². The van der Waals surface area contributed by atoms with Gasteiger partial charge in [-0.2, -0.15) is 0 Å². The average molecular weight is 235 g/mol. The largest absolute Gasteiger partial charge is 0.374 e. The molecule has 0 aromatic rings. The van der Waals surface area contributed by atoms with Crippen molar-refractivity contribution in [3.63, 3.8) is 0 Å². The Balaban J connectivity index is 2.14. The highest BCUT2D eigenvalue weighted by atomic mass is 79.9. The van der Waals surface area contributed by atoms with Crippen molar-refractivity contribution in [2.75, 3.05) is 11.9 Å². The van der Waals surface area contributed by atoms with Crippen LogP contribution in [0.3, 0.4) is 0 Å². The van der Waals surface area contributed by atoms with E-state index >= 15 is 0 Å². The highest BCUT2D eigenvalue weighted by Gasteiger charge is 2.29. The molecule has 1 nitrogen and oxygen atoms in total. The molecule has 1 unspecified atom stereocenters. The molecule has 0 heterocycles. The molecule has 0 aromatic heterocycles. The molecule has 0 saturated heterocycles. The second-order valence-electron chi connectivity index (χ2n) is 4.52. The van der Waals surface area contributed by atoms with Crippen LogP contribution in [0.1, 0.15) is 33.6 Å². The lowest BCUT2D eigenvalue weighted by Crippen LogP contribution is -2.28. The summed E-state index contributed by atoms with van der Waals surface area (Å²) in [6.45, 7) is 7.47. The van der Waals surface area contributed by atoms with Crippen molar-refractivity contribution < 1.29 is 4.74 Å². The fraction of sp³-hybridized carbons (Fsp3) is 1.00. The zero-order chi connectivity index (χ0) is 9.19. The summed E-state index contributed by atoms with van der Waals surface area (Å²) in [7, 11) is 0. The summed E-state index contributed by atoms with van der Waals surface area (Å²) in [5, 5.41) is 0.914. The van der Waals surface area contributed by atoms with Gasteiger partial charge in [0, 0.05) is 5.33 Å². The van der Waals surface area contributed by atoms with Crippen LogP contribution in [-0.4, -0.2) is 17.5 Å². The molecule has 0 radical (unpaired) electrons. The van der Waals surface area contributed by atoms with Crippen LogP contribution in [-0.2, 0) is 4.74 Å². The van der Waals surface area contributed by atoms with Crippen LogP contribution in [0.15, 0.2) is 0 Å². The standard InChI is InChI=1S/C10H19BrO/c1-8(9-4-5-9)6-12-10(2,3)7-11/h8-9H,4-7H2,1-3H3. The maximum atomic E-state index is 5.79. The molecular formula is C10H19BrO. The molecule has 72 valence electrons. The Bertz CT molecular complexity index is 141. The van der Waals surface area contributed by atoms with Gasteiger partial charge >= 0.3 is 0 Å². The summed E-state index contributed by atoms with van der Waals surface area (Å²) in [6.07, 6.45) is 2.83. The van der Waals surface area contributed by atoms with Gasteiger partial charge in [-0.05, 0) is 38.5 Å². The minimum absolute atomic E-state index is 0.00313. The summed E-state index contributed by atoms with van der Waals surface area (Å²) in [4.78, 5) is 0. The number of rotatable bonds is 5. The molecule has 0 bridgehead atoms. The molecule has 0 amide bonds. The molecule has 0 aromatic carbocycles. The van der Waals surface area contributed by atoms with Gasteiger partial charge in [-0.15, -0.1) is 0 Å². The van der Waals surface area contributed by atoms with Crippen molar-refractivity contribution >= 4 is 15.9 Å². The molecule has 1 fully saturated rings. The number of alkyl halides is 1. The van der Waals surface area contributed by atoms with E-state index in [1.807, 2.05) is 0 Å². The lowest BCUT2D eigenvalue weighted by molar-refractivity contribution is -0.0184. The monoisotopic (exact) mass is 234 g/mol. The van der Waals surface area contributed by atoms with E-state index in [1.165, 1.54) is 12.8 Å². The van der Waals surface area contributed by atoms with E-state index in [1.54, 1.807) is 0 Å². The summed E-state index contributed by atoms with van der Waals surface area (Å²) >= 11 is 3.45. The van der Waals surface area contributed by atoms with Crippen LogP contribution >= 0.6 is 15.9 Å². The van der Waals surface area contributed by atoms with Gasteiger partial charge in [0.25, 0.3) is 0 Å². The van der Waals surface area contributed by atoms with E-state index in [0.29, 0.717) is 0 Å². The second kappa shape index (κ2) is 4.10. The predicted octanol–water partition coefficient (Wildman–Crippen LogP) is 3.22. The molecule has 0 N–H and O–H groups in total. The molecule has 1 rings (SSSR count). The SMILES string of the molecule is CC(COC(C)(C)CBr)C1CC1. The zero-order valence-electron chi connectivity index (χ0n) is 8.27. The molecule has 1 atom stereocenters. The van der Waals surface area contributed by atoms with Gasteiger partial charge in [0.2, 0.25) is 0 Å². The summed E-state index contributed by atoms with van der Waals surface area (Å²) < 4.78 is 5.79. The Morgan fingerprint density at radius 1 is 1.50 bits per heavy atom. The van der Waals surface area contributed by atoms with E-state index in [9.17, 15) is 0 Å². The first kappa shape index (κ1) is 10.5. The second-order valence-corrected chi connectivity index (χ2v) is 5.08. The Kier molecular flexibility index (Phi) is 3.59. The highest BCUT2D eigenvalue weighted by molar-refractivity contribution is 9.09. The van der Waals surface area contributed by atoms with Crippen molar-refractivity contribution in [2.24, 2.45) is 11.8 Å². The Morgan fingerprint density at radius 2 is 2.08 bits per heavy atom. The lowest BCUT2D eigenvalue weighted by atomic mass is 10.1. The third-order valence-corrected chi connectivity index (χ3v) is 3.84. The first-order valence-electron chi connectivity index (χ1n) is 4.75. The zero-order valence-corrected chi connectivity index (χ0v) is 9.86. The van der Waals surface area contributed by atoms with Crippen molar-refractivity contribution in [1.29, 1.82) is 0 Å². The molecule has 1 aliphatic rings. The van der Waals surface area contributed by atoms with Gasteiger partial charge in [-0.25, -0.2) is 0 Å². The van der Waals surface area contributed by atoms with Gasteiger partial charge in [0.05, 0.1) is 12.2 Å². The Morgan fingerprint density at radius 3 is 2.50 bits per heavy atom. The van der Waals surface area contributed by atoms with E-state index in [2.05, 4.69) is 36.7 Å². The third kappa shape index (κ3) is 3.44. The normalized spacial score (nSPS) is 21.0. The van der Waals surface area contributed by atoms with Crippen LogP contribution < -0.4 is 0 Å². The van der Waals surface area contributed by atoms with Gasteiger partial charge in [-0.1, -0.05) is 22.9 Å². The van der Waals surface area contributed by atoms with Gasteiger partial charge in [0.1, 0.15) is 0 Å². The quantitative estimate of drug-likeness (QED) is 0.665. The summed E-state index contributed by atoms with van der Waals surface area (Å²) in [6, 6.07) is 0. The minimum Gasteiger partial charge on any atom is -0.374 e. The first-order chi connectivity index (χ1) is 5.55. The Labute approximate surface area is 84.0 Å². The number of hydrogen-bond acceptors (Lipinski definition) is 1. The van der Waals surface area contributed by atoms with Gasteiger partial charge < -0.3 is 4.74 Å². The highest BCUT2D eigenvalue weighted by Crippen LogP contribution is 2.37. The van der Waals surface area contributed by atoms with Crippen molar-refractivity contribution in [2.45, 2.75) is 39.2 Å². The fourth-order valence-electron chi connectivity index (χ4n) is 1.20. The van der Waals surface area contributed by atoms with Crippen LogP contribution in [0, 0.1) is 11.8 Å². The topological polar surface area (TPSA) is 9.23 Å². The summed E-state index contributed by atoms with van der Waals surface area (Å²) in [5.41, 5.74) is 0.00313. The number of ether oxygens (including phenoxy) is 1. The molecular weight excluding hydrogens is 216 g/mol. The summed E-state index contributed by atoms with van der Waals surface area (Å²) in [5.74, 6) is 1.71. The molecule has 2 heteroatoms. The van der Waals surface area contributed by atoms with Crippen molar-refractivity contribution in [3.8, 4) is 0 Å². The van der Waals surface area contributed by atoms with Crippen LogP contribution in [0.5, 0.6) is 0 Å². The van der Waals surface area contributed by atoms with Gasteiger partial charge in [-0.3, -0.25) is 0 Å². The number of halogens is 1. The minimum atomic E-state index is 0.00313. The fourth-order valence-corrected chi connectivity index (χ4v) is 1.36. The van der Waals surface area contributed by atoms with E-state index in [4.69, 9.17) is 4.74 Å². The van der Waals surface area contributed by atoms with Crippen LogP contribution in [0.4, 0.5) is 0 Å². The molecule has 0 spiro atoms. The molecule has 1 aliphatic carbocycles. The van der Waals surface area contributed by atoms with Crippen molar-refractivity contribution in [3.05, 3.63) is 0 Å². The maximum Gasteiger partial charge on any atom is 0.0723 e.